The lowest BCUT2D eigenvalue weighted by Gasteiger charge is -2.27. The Hall–Kier alpha value is -1.36. The Morgan fingerprint density at radius 1 is 1.44 bits per heavy atom. The van der Waals surface area contributed by atoms with Gasteiger partial charge >= 0.3 is 5.97 Å². The number of rotatable bonds is 5. The van der Waals surface area contributed by atoms with Gasteiger partial charge in [-0.2, -0.15) is 0 Å². The SMILES string of the molecule is CCC(CC)(NC(=O)c1cccs1)C(=O)O. The molecule has 5 heteroatoms. The molecule has 1 aromatic rings. The van der Waals surface area contributed by atoms with Crippen molar-refractivity contribution < 1.29 is 14.7 Å². The van der Waals surface area contributed by atoms with Crippen LogP contribution in [0.5, 0.6) is 0 Å². The minimum atomic E-state index is -1.15. The number of carboxylic acid groups (broad SMARTS) is 1. The van der Waals surface area contributed by atoms with E-state index >= 15 is 0 Å². The first-order valence-corrected chi connectivity index (χ1v) is 6.03. The predicted molar refractivity (Wildman–Crippen MR) is 62.7 cm³/mol. The number of carboxylic acids is 1. The highest BCUT2D eigenvalue weighted by Gasteiger charge is 2.36. The van der Waals surface area contributed by atoms with Gasteiger partial charge in [-0.15, -0.1) is 11.3 Å². The molecule has 0 aromatic carbocycles. The number of hydrogen-bond donors (Lipinski definition) is 2. The second-order valence-electron chi connectivity index (χ2n) is 3.53. The summed E-state index contributed by atoms with van der Waals surface area (Å²) in [6, 6.07) is 3.44. The van der Waals surface area contributed by atoms with Gasteiger partial charge in [0.05, 0.1) is 4.88 Å². The number of amides is 1. The van der Waals surface area contributed by atoms with Crippen molar-refractivity contribution in [2.24, 2.45) is 0 Å². The zero-order valence-electron chi connectivity index (χ0n) is 9.32. The van der Waals surface area contributed by atoms with Crippen molar-refractivity contribution in [3.63, 3.8) is 0 Å². The first-order chi connectivity index (χ1) is 7.55. The molecule has 0 atom stereocenters. The van der Waals surface area contributed by atoms with Crippen LogP contribution in [0, 0.1) is 0 Å². The van der Waals surface area contributed by atoms with E-state index in [-0.39, 0.29) is 5.91 Å². The number of thiophene rings is 1. The average molecular weight is 241 g/mol. The second-order valence-corrected chi connectivity index (χ2v) is 4.47. The lowest BCUT2D eigenvalue weighted by Crippen LogP contribution is -2.53. The summed E-state index contributed by atoms with van der Waals surface area (Å²) in [5.41, 5.74) is -1.15. The zero-order chi connectivity index (χ0) is 12.2. The van der Waals surface area contributed by atoms with Crippen molar-refractivity contribution in [2.75, 3.05) is 0 Å². The average Bonchev–Trinajstić information content (AvgIpc) is 2.78. The summed E-state index contributed by atoms with van der Waals surface area (Å²) < 4.78 is 0. The van der Waals surface area contributed by atoms with Crippen LogP contribution in [0.25, 0.3) is 0 Å². The minimum Gasteiger partial charge on any atom is -0.480 e. The molecule has 0 radical (unpaired) electrons. The van der Waals surface area contributed by atoms with Crippen LogP contribution in [-0.4, -0.2) is 22.5 Å². The second kappa shape index (κ2) is 5.12. The Morgan fingerprint density at radius 3 is 2.44 bits per heavy atom. The van der Waals surface area contributed by atoms with Gasteiger partial charge in [-0.3, -0.25) is 4.79 Å². The Kier molecular flexibility index (Phi) is 4.06. The Labute approximate surface area is 98.3 Å². The molecule has 0 aliphatic carbocycles. The molecule has 0 unspecified atom stereocenters. The highest BCUT2D eigenvalue weighted by atomic mass is 32.1. The summed E-state index contributed by atoms with van der Waals surface area (Å²) in [5, 5.41) is 13.5. The van der Waals surface area contributed by atoms with Gasteiger partial charge in [0.15, 0.2) is 0 Å². The fourth-order valence-corrected chi connectivity index (χ4v) is 2.09. The summed E-state index contributed by atoms with van der Waals surface area (Å²) in [6.07, 6.45) is 0.742. The Morgan fingerprint density at radius 2 is 2.06 bits per heavy atom. The van der Waals surface area contributed by atoms with Crippen LogP contribution in [0.1, 0.15) is 36.4 Å². The number of hydrogen-bond acceptors (Lipinski definition) is 3. The normalized spacial score (nSPS) is 11.1. The van der Waals surface area contributed by atoms with Crippen molar-refractivity contribution >= 4 is 23.2 Å². The fourth-order valence-electron chi connectivity index (χ4n) is 1.47. The van der Waals surface area contributed by atoms with Crippen LogP contribution in [-0.2, 0) is 4.79 Å². The van der Waals surface area contributed by atoms with E-state index in [1.807, 2.05) is 0 Å². The topological polar surface area (TPSA) is 66.4 Å². The monoisotopic (exact) mass is 241 g/mol. The molecule has 0 spiro atoms. The van der Waals surface area contributed by atoms with Crippen molar-refractivity contribution in [3.05, 3.63) is 22.4 Å². The maximum atomic E-state index is 11.8. The molecule has 0 saturated carbocycles. The third-order valence-electron chi connectivity index (χ3n) is 2.71. The largest absolute Gasteiger partial charge is 0.480 e. The quantitative estimate of drug-likeness (QED) is 0.829. The van der Waals surface area contributed by atoms with Crippen molar-refractivity contribution in [2.45, 2.75) is 32.2 Å². The van der Waals surface area contributed by atoms with Gasteiger partial charge in [0.25, 0.3) is 5.91 Å². The predicted octanol–water partition coefficient (Wildman–Crippen LogP) is 2.12. The standard InChI is InChI=1S/C11H15NO3S/c1-3-11(4-2,10(14)15)12-9(13)8-6-5-7-16-8/h5-7H,3-4H2,1-2H3,(H,12,13)(H,14,15). The van der Waals surface area contributed by atoms with Crippen molar-refractivity contribution in [1.82, 2.24) is 5.32 Å². The van der Waals surface area contributed by atoms with E-state index in [9.17, 15) is 9.59 Å². The van der Waals surface area contributed by atoms with Gasteiger partial charge < -0.3 is 10.4 Å². The van der Waals surface area contributed by atoms with Crippen LogP contribution in [0.4, 0.5) is 0 Å². The molecule has 4 nitrogen and oxygen atoms in total. The highest BCUT2D eigenvalue weighted by molar-refractivity contribution is 7.12. The maximum Gasteiger partial charge on any atom is 0.329 e. The van der Waals surface area contributed by atoms with Gasteiger partial charge in [-0.1, -0.05) is 19.9 Å². The van der Waals surface area contributed by atoms with Crippen LogP contribution >= 0.6 is 11.3 Å². The van der Waals surface area contributed by atoms with E-state index in [0.29, 0.717) is 17.7 Å². The van der Waals surface area contributed by atoms with Gasteiger partial charge in [-0.05, 0) is 24.3 Å². The number of carbonyl (C=O) groups excluding carboxylic acids is 1. The van der Waals surface area contributed by atoms with Crippen molar-refractivity contribution in [3.8, 4) is 0 Å². The first kappa shape index (κ1) is 12.7. The molecule has 2 N–H and O–H groups in total. The molecule has 1 aromatic heterocycles. The van der Waals surface area contributed by atoms with Gasteiger partial charge in [-0.25, -0.2) is 4.79 Å². The molecule has 0 saturated heterocycles. The minimum absolute atomic E-state index is 0.318. The third-order valence-corrected chi connectivity index (χ3v) is 3.58. The van der Waals surface area contributed by atoms with Crippen LogP contribution < -0.4 is 5.32 Å². The van der Waals surface area contributed by atoms with E-state index in [4.69, 9.17) is 5.11 Å². The van der Waals surface area contributed by atoms with E-state index < -0.39 is 11.5 Å². The molecule has 1 amide bonds. The maximum absolute atomic E-state index is 11.8. The van der Waals surface area contributed by atoms with Gasteiger partial charge in [0.2, 0.25) is 0 Å². The van der Waals surface area contributed by atoms with Gasteiger partial charge in [0, 0.05) is 0 Å². The summed E-state index contributed by atoms with van der Waals surface area (Å²) in [7, 11) is 0. The van der Waals surface area contributed by atoms with Crippen LogP contribution in [0.15, 0.2) is 17.5 Å². The number of aliphatic carboxylic acids is 1. The van der Waals surface area contributed by atoms with E-state index in [2.05, 4.69) is 5.32 Å². The molecule has 0 fully saturated rings. The third kappa shape index (κ3) is 2.41. The lowest BCUT2D eigenvalue weighted by molar-refractivity contribution is -0.144. The van der Waals surface area contributed by atoms with Crippen LogP contribution in [0.3, 0.4) is 0 Å². The lowest BCUT2D eigenvalue weighted by atomic mass is 9.93. The summed E-state index contributed by atoms with van der Waals surface area (Å²) >= 11 is 1.30. The zero-order valence-corrected chi connectivity index (χ0v) is 10.1. The smallest absolute Gasteiger partial charge is 0.329 e. The molecule has 0 aliphatic heterocycles. The Balaban J connectivity index is 2.84. The molecule has 0 bridgehead atoms. The van der Waals surface area contributed by atoms with E-state index in [0.717, 1.165) is 0 Å². The van der Waals surface area contributed by atoms with Crippen LogP contribution in [0.2, 0.25) is 0 Å². The van der Waals surface area contributed by atoms with E-state index in [1.165, 1.54) is 11.3 Å². The fraction of sp³-hybridized carbons (Fsp3) is 0.455. The number of carbonyl (C=O) groups is 2. The summed E-state index contributed by atoms with van der Waals surface area (Å²) in [4.78, 5) is 23.5. The molecular weight excluding hydrogens is 226 g/mol. The molecule has 1 rings (SSSR count). The Bertz CT molecular complexity index is 369. The van der Waals surface area contributed by atoms with E-state index in [1.54, 1.807) is 31.4 Å². The van der Waals surface area contributed by atoms with Crippen molar-refractivity contribution in [1.29, 1.82) is 0 Å². The first-order valence-electron chi connectivity index (χ1n) is 5.15. The summed E-state index contributed by atoms with van der Waals surface area (Å²) in [5.74, 6) is -1.30. The molecular formula is C11H15NO3S. The highest BCUT2D eigenvalue weighted by Crippen LogP contribution is 2.17. The number of nitrogens with one attached hydrogen (secondary N) is 1. The molecule has 0 aliphatic rings. The van der Waals surface area contributed by atoms with Gasteiger partial charge in [0.1, 0.15) is 5.54 Å². The summed E-state index contributed by atoms with van der Waals surface area (Å²) in [6.45, 7) is 3.51. The molecule has 16 heavy (non-hydrogen) atoms. The molecule has 88 valence electrons. The molecule has 1 heterocycles.